The van der Waals surface area contributed by atoms with Crippen molar-refractivity contribution in [2.45, 2.75) is 6.92 Å². The number of carbonyl (C=O) groups is 1. The predicted molar refractivity (Wildman–Crippen MR) is 63.9 cm³/mol. The molecule has 0 saturated carbocycles. The van der Waals surface area contributed by atoms with Crippen molar-refractivity contribution in [1.29, 1.82) is 0 Å². The van der Waals surface area contributed by atoms with E-state index in [1.165, 1.54) is 21.1 Å². The molecule has 1 aromatic rings. The van der Waals surface area contributed by atoms with Crippen molar-refractivity contribution in [2.75, 3.05) is 20.8 Å². The van der Waals surface area contributed by atoms with Gasteiger partial charge in [-0.05, 0) is 19.1 Å². The van der Waals surface area contributed by atoms with Gasteiger partial charge in [-0.25, -0.2) is 0 Å². The van der Waals surface area contributed by atoms with E-state index >= 15 is 0 Å². The third-order valence-corrected chi connectivity index (χ3v) is 2.17. The summed E-state index contributed by atoms with van der Waals surface area (Å²) in [6, 6.07) is 3.19. The first-order chi connectivity index (χ1) is 8.13. The molecule has 0 saturated heterocycles. The molecule has 0 unspecified atom stereocenters. The Morgan fingerprint density at radius 2 is 1.82 bits per heavy atom. The minimum Gasteiger partial charge on any atom is -0.493 e. The largest absolute Gasteiger partial charge is 0.493 e. The molecule has 90 valence electrons. The maximum atomic E-state index is 11.3. The molecule has 0 N–H and O–H groups in total. The van der Waals surface area contributed by atoms with E-state index < -0.39 is 0 Å². The van der Waals surface area contributed by atoms with Crippen molar-refractivity contribution in [1.82, 2.24) is 0 Å². The molecule has 4 nitrogen and oxygen atoms in total. The highest BCUT2D eigenvalue weighted by atomic mass is 16.5. The number of hydrogen-bond acceptors (Lipinski definition) is 4. The van der Waals surface area contributed by atoms with Gasteiger partial charge in [0.15, 0.2) is 17.3 Å². The van der Waals surface area contributed by atoms with E-state index in [0.29, 0.717) is 22.8 Å². The van der Waals surface area contributed by atoms with Crippen LogP contribution in [0.15, 0.2) is 12.1 Å². The lowest BCUT2D eigenvalue weighted by atomic mass is 10.1. The summed E-state index contributed by atoms with van der Waals surface area (Å²) in [6.45, 7) is 1.57. The van der Waals surface area contributed by atoms with Crippen molar-refractivity contribution in [3.63, 3.8) is 0 Å². The molecular formula is C13H14O4. The number of benzene rings is 1. The lowest BCUT2D eigenvalue weighted by molar-refractivity contribution is 0.101. The molecule has 0 aliphatic rings. The van der Waals surface area contributed by atoms with Crippen molar-refractivity contribution in [3.05, 3.63) is 17.7 Å². The normalized spacial score (nSPS) is 9.29. The molecule has 4 heteroatoms. The van der Waals surface area contributed by atoms with Crippen LogP contribution in [0.3, 0.4) is 0 Å². The Labute approximate surface area is 100 Å². The molecule has 17 heavy (non-hydrogen) atoms. The topological polar surface area (TPSA) is 44.8 Å². The lowest BCUT2D eigenvalue weighted by Crippen LogP contribution is -2.02. The zero-order valence-electron chi connectivity index (χ0n) is 10.1. The van der Waals surface area contributed by atoms with Crippen LogP contribution in [0.2, 0.25) is 0 Å². The summed E-state index contributed by atoms with van der Waals surface area (Å²) in [5.74, 6) is 3.52. The molecule has 0 spiro atoms. The summed E-state index contributed by atoms with van der Waals surface area (Å²) >= 11 is 0. The number of Topliss-reactive ketones (excluding diaryl/α,β-unsaturated/α-hetero) is 1. The van der Waals surface area contributed by atoms with Gasteiger partial charge in [-0.3, -0.25) is 4.79 Å². The highest BCUT2D eigenvalue weighted by Gasteiger charge is 2.15. The van der Waals surface area contributed by atoms with Crippen LogP contribution in [0, 0.1) is 12.3 Å². The van der Waals surface area contributed by atoms with Crippen LogP contribution in [0.5, 0.6) is 17.2 Å². The van der Waals surface area contributed by atoms with Gasteiger partial charge in [0.25, 0.3) is 0 Å². The van der Waals surface area contributed by atoms with E-state index in [2.05, 4.69) is 5.92 Å². The molecule has 0 aliphatic carbocycles. The molecule has 0 atom stereocenters. The summed E-state index contributed by atoms with van der Waals surface area (Å²) in [5, 5.41) is 0. The fourth-order valence-corrected chi connectivity index (χ4v) is 1.34. The number of carbonyl (C=O) groups excluding carboxylic acids is 1. The third kappa shape index (κ3) is 2.91. The Morgan fingerprint density at radius 3 is 2.18 bits per heavy atom. The molecule has 1 aromatic carbocycles. The van der Waals surface area contributed by atoms with Crippen LogP contribution in [-0.2, 0) is 0 Å². The molecule has 0 radical (unpaired) electrons. The first-order valence-electron chi connectivity index (χ1n) is 4.97. The van der Waals surface area contributed by atoms with Gasteiger partial charge >= 0.3 is 0 Å². The number of methoxy groups -OCH3 is 2. The average Bonchev–Trinajstić information content (AvgIpc) is 2.34. The number of terminal acetylenes is 1. The predicted octanol–water partition coefficient (Wildman–Crippen LogP) is 1.92. The monoisotopic (exact) mass is 234 g/mol. The molecule has 0 aromatic heterocycles. The number of ether oxygens (including phenoxy) is 3. The maximum absolute atomic E-state index is 11.3. The van der Waals surface area contributed by atoms with Crippen LogP contribution < -0.4 is 14.2 Å². The summed E-state index contributed by atoms with van der Waals surface area (Å²) < 4.78 is 15.6. The fourth-order valence-electron chi connectivity index (χ4n) is 1.34. The number of hydrogen-bond donors (Lipinski definition) is 0. The SMILES string of the molecule is C#CCOc1c(OC)cc(C(C)=O)cc1OC. The molecule has 0 fully saturated rings. The Kier molecular flexibility index (Phi) is 4.41. The highest BCUT2D eigenvalue weighted by molar-refractivity contribution is 5.95. The van der Waals surface area contributed by atoms with E-state index in [9.17, 15) is 4.79 Å². The van der Waals surface area contributed by atoms with Crippen LogP contribution in [0.4, 0.5) is 0 Å². The summed E-state index contributed by atoms with van der Waals surface area (Å²) in [4.78, 5) is 11.3. The van der Waals surface area contributed by atoms with Crippen molar-refractivity contribution in [3.8, 4) is 29.6 Å². The second kappa shape index (κ2) is 5.80. The number of ketones is 1. The average molecular weight is 234 g/mol. The van der Waals surface area contributed by atoms with Gasteiger partial charge in [-0.1, -0.05) is 5.92 Å². The standard InChI is InChI=1S/C13H14O4/c1-5-6-17-13-11(15-3)7-10(9(2)14)8-12(13)16-4/h1,7-8H,6H2,2-4H3. The minimum absolute atomic E-state index is 0.0786. The van der Waals surface area contributed by atoms with Crippen LogP contribution in [0.1, 0.15) is 17.3 Å². The molecule has 1 rings (SSSR count). The highest BCUT2D eigenvalue weighted by Crippen LogP contribution is 2.38. The van der Waals surface area contributed by atoms with Gasteiger partial charge in [-0.15, -0.1) is 6.42 Å². The van der Waals surface area contributed by atoms with Crippen LogP contribution in [0.25, 0.3) is 0 Å². The van der Waals surface area contributed by atoms with E-state index in [0.717, 1.165) is 0 Å². The van der Waals surface area contributed by atoms with Gasteiger partial charge < -0.3 is 14.2 Å². The van der Waals surface area contributed by atoms with Gasteiger partial charge in [0.2, 0.25) is 5.75 Å². The zero-order valence-corrected chi connectivity index (χ0v) is 10.1. The molecule has 0 bridgehead atoms. The maximum Gasteiger partial charge on any atom is 0.204 e. The summed E-state index contributed by atoms with van der Waals surface area (Å²) in [6.07, 6.45) is 5.13. The smallest absolute Gasteiger partial charge is 0.204 e. The Bertz CT molecular complexity index is 432. The van der Waals surface area contributed by atoms with Crippen LogP contribution in [-0.4, -0.2) is 26.6 Å². The second-order valence-electron chi connectivity index (χ2n) is 3.26. The van der Waals surface area contributed by atoms with E-state index in [1.807, 2.05) is 0 Å². The third-order valence-electron chi connectivity index (χ3n) is 2.17. The van der Waals surface area contributed by atoms with Crippen molar-refractivity contribution in [2.24, 2.45) is 0 Å². The summed E-state index contributed by atoms with van der Waals surface area (Å²) in [5.41, 5.74) is 0.492. The number of rotatable bonds is 5. The van der Waals surface area contributed by atoms with E-state index in [4.69, 9.17) is 20.6 Å². The van der Waals surface area contributed by atoms with Gasteiger partial charge in [-0.2, -0.15) is 0 Å². The fraction of sp³-hybridized carbons (Fsp3) is 0.308. The zero-order chi connectivity index (χ0) is 12.8. The first kappa shape index (κ1) is 12.9. The molecule has 0 aliphatic heterocycles. The van der Waals surface area contributed by atoms with Crippen LogP contribution >= 0.6 is 0 Å². The second-order valence-corrected chi connectivity index (χ2v) is 3.26. The Balaban J connectivity index is 3.26. The first-order valence-corrected chi connectivity index (χ1v) is 4.97. The lowest BCUT2D eigenvalue weighted by Gasteiger charge is -2.14. The Hall–Kier alpha value is -2.15. The van der Waals surface area contributed by atoms with E-state index in [-0.39, 0.29) is 12.4 Å². The van der Waals surface area contributed by atoms with Gasteiger partial charge in [0, 0.05) is 5.56 Å². The van der Waals surface area contributed by atoms with E-state index in [1.54, 1.807) is 12.1 Å². The van der Waals surface area contributed by atoms with Crippen molar-refractivity contribution < 1.29 is 19.0 Å². The molecule has 0 amide bonds. The quantitative estimate of drug-likeness (QED) is 0.576. The van der Waals surface area contributed by atoms with Gasteiger partial charge in [0.1, 0.15) is 6.61 Å². The minimum atomic E-state index is -0.0786. The van der Waals surface area contributed by atoms with Crippen molar-refractivity contribution >= 4 is 5.78 Å². The molecule has 0 heterocycles. The van der Waals surface area contributed by atoms with Gasteiger partial charge in [0.05, 0.1) is 14.2 Å². The molecular weight excluding hydrogens is 220 g/mol. The Morgan fingerprint density at radius 1 is 1.29 bits per heavy atom. The summed E-state index contributed by atoms with van der Waals surface area (Å²) in [7, 11) is 2.98.